The first-order chi connectivity index (χ1) is 9.84. The molecule has 21 heavy (non-hydrogen) atoms. The first kappa shape index (κ1) is 17.8. The predicted molar refractivity (Wildman–Crippen MR) is 88.6 cm³/mol. The highest BCUT2D eigenvalue weighted by Gasteiger charge is 2.26. The quantitative estimate of drug-likeness (QED) is 0.722. The Morgan fingerprint density at radius 3 is 2.00 bits per heavy atom. The molecule has 4 N–H and O–H groups in total. The zero-order valence-electron chi connectivity index (χ0n) is 13.2. The summed E-state index contributed by atoms with van der Waals surface area (Å²) >= 11 is 0. The van der Waals surface area contributed by atoms with Crippen LogP contribution in [0.4, 0.5) is 11.4 Å². The molecule has 0 unspecified atom stereocenters. The second kappa shape index (κ2) is 7.66. The van der Waals surface area contributed by atoms with Gasteiger partial charge in [0.25, 0.3) is 0 Å². The summed E-state index contributed by atoms with van der Waals surface area (Å²) in [4.78, 5) is 0.168. The lowest BCUT2D eigenvalue weighted by molar-refractivity contribution is 0.395. The molecule has 0 fully saturated rings. The van der Waals surface area contributed by atoms with Crippen molar-refractivity contribution < 1.29 is 8.42 Å². The van der Waals surface area contributed by atoms with Crippen molar-refractivity contribution in [2.75, 3.05) is 24.6 Å². The van der Waals surface area contributed by atoms with E-state index < -0.39 is 10.0 Å². The Balaban J connectivity index is 3.18. The second-order valence-electron chi connectivity index (χ2n) is 5.36. The number of nitrogens with zero attached hydrogens (tertiary/aromatic N) is 1. The van der Waals surface area contributed by atoms with Crippen LogP contribution >= 0.6 is 0 Å². The van der Waals surface area contributed by atoms with Crippen LogP contribution in [0, 0.1) is 6.92 Å². The lowest BCUT2D eigenvalue weighted by atomic mass is 10.2. The van der Waals surface area contributed by atoms with Gasteiger partial charge in [0.05, 0.1) is 5.69 Å². The molecule has 0 saturated carbocycles. The summed E-state index contributed by atoms with van der Waals surface area (Å²) in [5.41, 5.74) is 13.1. The van der Waals surface area contributed by atoms with Crippen LogP contribution in [0.15, 0.2) is 17.0 Å². The molecule has 1 rings (SSSR count). The molecule has 0 aromatic heterocycles. The van der Waals surface area contributed by atoms with E-state index in [0.29, 0.717) is 18.8 Å². The van der Waals surface area contributed by atoms with Crippen LogP contribution < -0.4 is 11.5 Å². The lowest BCUT2D eigenvalue weighted by Gasteiger charge is -2.23. The molecule has 120 valence electrons. The van der Waals surface area contributed by atoms with Gasteiger partial charge in [0.2, 0.25) is 10.0 Å². The van der Waals surface area contributed by atoms with E-state index in [1.54, 1.807) is 17.3 Å². The molecule has 5 nitrogen and oxygen atoms in total. The maximum Gasteiger partial charge on any atom is 0.245 e. The van der Waals surface area contributed by atoms with E-state index in [-0.39, 0.29) is 10.6 Å². The highest BCUT2D eigenvalue weighted by atomic mass is 32.2. The molecule has 6 heteroatoms. The van der Waals surface area contributed by atoms with Crippen molar-refractivity contribution in [3.8, 4) is 0 Å². The molecule has 1 aromatic rings. The predicted octanol–water partition coefficient (Wildman–Crippen LogP) is 2.75. The fourth-order valence-corrected chi connectivity index (χ4v) is 3.80. The Kier molecular flexibility index (Phi) is 6.48. The molecular weight excluding hydrogens is 286 g/mol. The van der Waals surface area contributed by atoms with Gasteiger partial charge in [0, 0.05) is 18.8 Å². The van der Waals surface area contributed by atoms with Crippen LogP contribution in [0.2, 0.25) is 0 Å². The fourth-order valence-electron chi connectivity index (χ4n) is 2.10. The molecular formula is C15H27N3O2S. The summed E-state index contributed by atoms with van der Waals surface area (Å²) in [7, 11) is -3.56. The number of unbranched alkanes of at least 4 members (excludes halogenated alkanes) is 2. The topological polar surface area (TPSA) is 89.4 Å². The third-order valence-corrected chi connectivity index (χ3v) is 5.49. The zero-order valence-corrected chi connectivity index (χ0v) is 14.0. The number of nitrogens with two attached hydrogens (primary N) is 2. The molecule has 0 aliphatic heterocycles. The molecule has 0 heterocycles. The van der Waals surface area contributed by atoms with E-state index in [2.05, 4.69) is 0 Å². The third kappa shape index (κ3) is 4.35. The lowest BCUT2D eigenvalue weighted by Crippen LogP contribution is -2.33. The SMILES string of the molecule is CCCCN(CCCC)S(=O)(=O)c1cc(C)c(N)cc1N. The van der Waals surface area contributed by atoms with E-state index in [1.807, 2.05) is 13.8 Å². The number of rotatable bonds is 8. The summed E-state index contributed by atoms with van der Waals surface area (Å²) in [6, 6.07) is 3.10. The molecule has 0 atom stereocenters. The Morgan fingerprint density at radius 1 is 1.00 bits per heavy atom. The van der Waals surface area contributed by atoms with Crippen LogP contribution in [-0.4, -0.2) is 25.8 Å². The minimum absolute atomic E-state index is 0.168. The van der Waals surface area contributed by atoms with Crippen LogP contribution in [0.5, 0.6) is 0 Å². The van der Waals surface area contributed by atoms with Gasteiger partial charge in [-0.3, -0.25) is 0 Å². The van der Waals surface area contributed by atoms with Crippen LogP contribution in [0.3, 0.4) is 0 Å². The summed E-state index contributed by atoms with van der Waals surface area (Å²) in [5, 5.41) is 0. The maximum absolute atomic E-state index is 12.8. The van der Waals surface area contributed by atoms with Crippen molar-refractivity contribution in [1.82, 2.24) is 4.31 Å². The average Bonchev–Trinajstić information content (AvgIpc) is 2.42. The van der Waals surface area contributed by atoms with Gasteiger partial charge in [-0.2, -0.15) is 4.31 Å². The number of hydrogen-bond acceptors (Lipinski definition) is 4. The number of benzene rings is 1. The van der Waals surface area contributed by atoms with Crippen LogP contribution in [-0.2, 0) is 10.0 Å². The van der Waals surface area contributed by atoms with Crippen molar-refractivity contribution in [3.05, 3.63) is 17.7 Å². The van der Waals surface area contributed by atoms with Crippen molar-refractivity contribution in [2.45, 2.75) is 51.3 Å². The molecule has 0 spiro atoms. The molecule has 0 saturated heterocycles. The zero-order chi connectivity index (χ0) is 16.0. The number of hydrogen-bond donors (Lipinski definition) is 2. The standard InChI is InChI=1S/C15H27N3O2S/c1-4-6-8-18(9-7-5-2)21(19,20)15-10-12(3)13(16)11-14(15)17/h10-11H,4-9,16-17H2,1-3H3. The Labute approximate surface area is 128 Å². The van der Waals surface area contributed by atoms with Crippen molar-refractivity contribution in [2.24, 2.45) is 0 Å². The van der Waals surface area contributed by atoms with Crippen LogP contribution in [0.25, 0.3) is 0 Å². The van der Waals surface area contributed by atoms with Gasteiger partial charge in [-0.1, -0.05) is 26.7 Å². The van der Waals surface area contributed by atoms with E-state index in [1.165, 1.54) is 6.07 Å². The first-order valence-electron chi connectivity index (χ1n) is 7.50. The second-order valence-corrected chi connectivity index (χ2v) is 7.26. The smallest absolute Gasteiger partial charge is 0.245 e. The highest BCUT2D eigenvalue weighted by molar-refractivity contribution is 7.89. The maximum atomic E-state index is 12.8. The number of sulfonamides is 1. The molecule has 0 amide bonds. The van der Waals surface area contributed by atoms with Gasteiger partial charge in [-0.25, -0.2) is 8.42 Å². The molecule has 0 radical (unpaired) electrons. The van der Waals surface area contributed by atoms with Gasteiger partial charge in [0.15, 0.2) is 0 Å². The summed E-state index contributed by atoms with van der Waals surface area (Å²) in [6.45, 7) is 6.94. The van der Waals surface area contributed by atoms with Crippen molar-refractivity contribution in [1.29, 1.82) is 0 Å². The highest BCUT2D eigenvalue weighted by Crippen LogP contribution is 2.27. The Bertz CT molecular complexity index is 563. The third-order valence-electron chi connectivity index (χ3n) is 3.54. The monoisotopic (exact) mass is 313 g/mol. The summed E-state index contributed by atoms with van der Waals surface area (Å²) in [6.07, 6.45) is 3.59. The molecule has 0 aliphatic carbocycles. The van der Waals surface area contributed by atoms with Gasteiger partial charge in [0.1, 0.15) is 4.90 Å². The van der Waals surface area contributed by atoms with E-state index in [0.717, 1.165) is 31.2 Å². The van der Waals surface area contributed by atoms with Crippen molar-refractivity contribution >= 4 is 21.4 Å². The summed E-state index contributed by atoms with van der Waals surface area (Å²) < 4.78 is 27.2. The molecule has 0 aliphatic rings. The number of anilines is 2. The first-order valence-corrected chi connectivity index (χ1v) is 8.94. The number of aryl methyl sites for hydroxylation is 1. The molecule has 0 bridgehead atoms. The van der Waals surface area contributed by atoms with Crippen molar-refractivity contribution in [3.63, 3.8) is 0 Å². The minimum Gasteiger partial charge on any atom is -0.398 e. The van der Waals surface area contributed by atoms with E-state index in [4.69, 9.17) is 11.5 Å². The fraction of sp³-hybridized carbons (Fsp3) is 0.600. The van der Waals surface area contributed by atoms with E-state index in [9.17, 15) is 8.42 Å². The van der Waals surface area contributed by atoms with Crippen LogP contribution in [0.1, 0.15) is 45.1 Å². The van der Waals surface area contributed by atoms with Gasteiger partial charge in [-0.15, -0.1) is 0 Å². The average molecular weight is 313 g/mol. The summed E-state index contributed by atoms with van der Waals surface area (Å²) in [5.74, 6) is 0. The largest absolute Gasteiger partial charge is 0.398 e. The van der Waals surface area contributed by atoms with Gasteiger partial charge >= 0.3 is 0 Å². The van der Waals surface area contributed by atoms with E-state index >= 15 is 0 Å². The van der Waals surface area contributed by atoms with Gasteiger partial charge in [-0.05, 0) is 37.5 Å². The minimum atomic E-state index is -3.56. The Hall–Kier alpha value is -1.27. The molecule has 1 aromatic carbocycles. The normalized spacial score (nSPS) is 12.0. The Morgan fingerprint density at radius 2 is 1.52 bits per heavy atom. The number of nitrogen functional groups attached to an aromatic ring is 2. The van der Waals surface area contributed by atoms with Gasteiger partial charge < -0.3 is 11.5 Å².